The second-order valence-electron chi connectivity index (χ2n) is 5.69. The fourth-order valence-electron chi connectivity index (χ4n) is 2.86. The van der Waals surface area contributed by atoms with Crippen LogP contribution in [0.15, 0.2) is 18.2 Å². The highest BCUT2D eigenvalue weighted by Crippen LogP contribution is 2.31. The van der Waals surface area contributed by atoms with E-state index in [0.29, 0.717) is 17.2 Å². The minimum atomic E-state index is -0.196. The summed E-state index contributed by atoms with van der Waals surface area (Å²) in [6, 6.07) is 5.40. The molecule has 1 aliphatic carbocycles. The summed E-state index contributed by atoms with van der Waals surface area (Å²) in [5.74, 6) is 0.767. The van der Waals surface area contributed by atoms with Crippen molar-refractivity contribution < 1.29 is 19.1 Å². The molecule has 6 nitrogen and oxygen atoms in total. The molecule has 1 aromatic carbocycles. The van der Waals surface area contributed by atoms with Crippen LogP contribution in [0.1, 0.15) is 32.6 Å². The minimum absolute atomic E-state index is 0.00131. The molecule has 0 aliphatic heterocycles. The van der Waals surface area contributed by atoms with Crippen LogP contribution in [0, 0.1) is 0 Å². The Morgan fingerprint density at radius 1 is 1.17 bits per heavy atom. The SMILES string of the molecule is COc1ccc(N(CC(=O)NC2CCCC2)C(C)=O)cc1OC. The van der Waals surface area contributed by atoms with Crippen LogP contribution in [-0.4, -0.2) is 38.6 Å². The Kier molecular flexibility index (Phi) is 5.84. The van der Waals surface area contributed by atoms with Gasteiger partial charge in [0.1, 0.15) is 6.54 Å². The van der Waals surface area contributed by atoms with Gasteiger partial charge in [0.2, 0.25) is 11.8 Å². The van der Waals surface area contributed by atoms with Crippen LogP contribution in [0.5, 0.6) is 11.5 Å². The molecule has 0 heterocycles. The van der Waals surface area contributed by atoms with E-state index in [1.807, 2.05) is 0 Å². The van der Waals surface area contributed by atoms with Crippen molar-refractivity contribution in [2.75, 3.05) is 25.7 Å². The molecule has 0 unspecified atom stereocenters. The first-order chi connectivity index (χ1) is 11.0. The van der Waals surface area contributed by atoms with Gasteiger partial charge in [-0.1, -0.05) is 12.8 Å². The molecule has 2 amide bonds. The van der Waals surface area contributed by atoms with Crippen LogP contribution in [0.2, 0.25) is 0 Å². The predicted molar refractivity (Wildman–Crippen MR) is 88.0 cm³/mol. The third kappa shape index (κ3) is 4.37. The van der Waals surface area contributed by atoms with Crippen molar-refractivity contribution in [3.05, 3.63) is 18.2 Å². The Hall–Kier alpha value is -2.24. The molecule has 0 spiro atoms. The van der Waals surface area contributed by atoms with Gasteiger partial charge in [-0.25, -0.2) is 0 Å². The van der Waals surface area contributed by atoms with Crippen molar-refractivity contribution in [2.45, 2.75) is 38.6 Å². The topological polar surface area (TPSA) is 67.9 Å². The molecular formula is C17H24N2O4. The average Bonchev–Trinajstić information content (AvgIpc) is 3.04. The van der Waals surface area contributed by atoms with Gasteiger partial charge in [0.15, 0.2) is 11.5 Å². The number of carbonyl (C=O) groups excluding carboxylic acids is 2. The van der Waals surface area contributed by atoms with Crippen LogP contribution in [0.3, 0.4) is 0 Å². The number of carbonyl (C=O) groups is 2. The monoisotopic (exact) mass is 320 g/mol. The smallest absolute Gasteiger partial charge is 0.240 e. The molecule has 0 radical (unpaired) electrons. The zero-order valence-electron chi connectivity index (χ0n) is 13.9. The van der Waals surface area contributed by atoms with E-state index in [0.717, 1.165) is 25.7 Å². The van der Waals surface area contributed by atoms with E-state index in [2.05, 4.69) is 5.32 Å². The normalized spacial score (nSPS) is 14.4. The van der Waals surface area contributed by atoms with E-state index in [4.69, 9.17) is 9.47 Å². The van der Waals surface area contributed by atoms with Crippen molar-refractivity contribution in [1.29, 1.82) is 0 Å². The van der Waals surface area contributed by atoms with Gasteiger partial charge in [-0.15, -0.1) is 0 Å². The first kappa shape index (κ1) is 17.1. The molecule has 1 saturated carbocycles. The summed E-state index contributed by atoms with van der Waals surface area (Å²) in [7, 11) is 3.09. The van der Waals surface area contributed by atoms with E-state index < -0.39 is 0 Å². The quantitative estimate of drug-likeness (QED) is 0.872. The molecule has 0 atom stereocenters. The van der Waals surface area contributed by atoms with Gasteiger partial charge >= 0.3 is 0 Å². The molecule has 6 heteroatoms. The Bertz CT molecular complexity index is 568. The molecular weight excluding hydrogens is 296 g/mol. The maximum atomic E-state index is 12.2. The molecule has 0 bridgehead atoms. The van der Waals surface area contributed by atoms with Gasteiger partial charge < -0.3 is 19.7 Å². The molecule has 2 rings (SSSR count). The fraction of sp³-hybridized carbons (Fsp3) is 0.529. The van der Waals surface area contributed by atoms with E-state index in [-0.39, 0.29) is 24.4 Å². The number of anilines is 1. The summed E-state index contributed by atoms with van der Waals surface area (Å²) >= 11 is 0. The molecule has 0 saturated heterocycles. The highest BCUT2D eigenvalue weighted by atomic mass is 16.5. The standard InChI is InChI=1S/C17H24N2O4/c1-12(20)19(11-17(21)18-13-6-4-5-7-13)14-8-9-15(22-2)16(10-14)23-3/h8-10,13H,4-7,11H2,1-3H3,(H,18,21). The molecule has 0 aromatic heterocycles. The highest BCUT2D eigenvalue weighted by Gasteiger charge is 2.21. The predicted octanol–water partition coefficient (Wildman–Crippen LogP) is 2.12. The number of rotatable bonds is 6. The van der Waals surface area contributed by atoms with Crippen molar-refractivity contribution in [3.8, 4) is 11.5 Å². The van der Waals surface area contributed by atoms with Gasteiger partial charge in [0.05, 0.1) is 14.2 Å². The maximum absolute atomic E-state index is 12.2. The van der Waals surface area contributed by atoms with E-state index in [1.54, 1.807) is 25.3 Å². The van der Waals surface area contributed by atoms with Crippen LogP contribution < -0.4 is 19.7 Å². The second kappa shape index (κ2) is 7.85. The molecule has 1 aliphatic rings. The summed E-state index contributed by atoms with van der Waals surface area (Å²) in [6.07, 6.45) is 4.33. The van der Waals surface area contributed by atoms with E-state index in [1.165, 1.54) is 18.9 Å². The van der Waals surface area contributed by atoms with Crippen LogP contribution in [0.25, 0.3) is 0 Å². The summed E-state index contributed by atoms with van der Waals surface area (Å²) in [5, 5.41) is 3.00. The summed E-state index contributed by atoms with van der Waals surface area (Å²) in [5.41, 5.74) is 0.608. The maximum Gasteiger partial charge on any atom is 0.240 e. The van der Waals surface area contributed by atoms with E-state index in [9.17, 15) is 9.59 Å². The van der Waals surface area contributed by atoms with Gasteiger partial charge in [0, 0.05) is 24.7 Å². The Morgan fingerprint density at radius 3 is 2.39 bits per heavy atom. The highest BCUT2D eigenvalue weighted by molar-refractivity contribution is 5.97. The lowest BCUT2D eigenvalue weighted by Gasteiger charge is -2.23. The lowest BCUT2D eigenvalue weighted by molar-refractivity contribution is -0.123. The van der Waals surface area contributed by atoms with Crippen molar-refractivity contribution in [1.82, 2.24) is 5.32 Å². The Labute approximate surface area is 136 Å². The number of benzene rings is 1. The lowest BCUT2D eigenvalue weighted by atomic mass is 10.2. The van der Waals surface area contributed by atoms with Gasteiger partial charge in [0.25, 0.3) is 0 Å². The third-order valence-electron chi connectivity index (χ3n) is 4.08. The van der Waals surface area contributed by atoms with E-state index >= 15 is 0 Å². The molecule has 1 aromatic rings. The molecule has 1 N–H and O–H groups in total. The first-order valence-electron chi connectivity index (χ1n) is 7.84. The van der Waals surface area contributed by atoms with Crippen LogP contribution >= 0.6 is 0 Å². The molecule has 126 valence electrons. The first-order valence-corrected chi connectivity index (χ1v) is 7.84. The molecule has 23 heavy (non-hydrogen) atoms. The summed E-state index contributed by atoms with van der Waals surface area (Å²) < 4.78 is 10.4. The zero-order chi connectivity index (χ0) is 16.8. The summed E-state index contributed by atoms with van der Waals surface area (Å²) in [4.78, 5) is 25.6. The van der Waals surface area contributed by atoms with Crippen molar-refractivity contribution >= 4 is 17.5 Å². The number of ether oxygens (including phenoxy) is 2. The summed E-state index contributed by atoms with van der Waals surface area (Å²) in [6.45, 7) is 1.45. The fourth-order valence-corrected chi connectivity index (χ4v) is 2.86. The number of nitrogens with zero attached hydrogens (tertiary/aromatic N) is 1. The van der Waals surface area contributed by atoms with Crippen LogP contribution in [-0.2, 0) is 9.59 Å². The number of nitrogens with one attached hydrogen (secondary N) is 1. The van der Waals surface area contributed by atoms with Gasteiger partial charge in [-0.3, -0.25) is 9.59 Å². The lowest BCUT2D eigenvalue weighted by Crippen LogP contribution is -2.43. The van der Waals surface area contributed by atoms with Crippen molar-refractivity contribution in [3.63, 3.8) is 0 Å². The van der Waals surface area contributed by atoms with Crippen molar-refractivity contribution in [2.24, 2.45) is 0 Å². The largest absolute Gasteiger partial charge is 0.493 e. The van der Waals surface area contributed by atoms with Gasteiger partial charge in [-0.05, 0) is 25.0 Å². The Morgan fingerprint density at radius 2 is 1.83 bits per heavy atom. The van der Waals surface area contributed by atoms with Crippen LogP contribution in [0.4, 0.5) is 5.69 Å². The minimum Gasteiger partial charge on any atom is -0.493 e. The number of methoxy groups -OCH3 is 2. The molecule has 1 fully saturated rings. The number of amides is 2. The number of hydrogen-bond donors (Lipinski definition) is 1. The third-order valence-corrected chi connectivity index (χ3v) is 4.08. The number of hydrogen-bond acceptors (Lipinski definition) is 4. The second-order valence-corrected chi connectivity index (χ2v) is 5.69. The Balaban J connectivity index is 2.11. The average molecular weight is 320 g/mol. The van der Waals surface area contributed by atoms with Gasteiger partial charge in [-0.2, -0.15) is 0 Å². The zero-order valence-corrected chi connectivity index (χ0v) is 13.9.